The molecule has 0 bridgehead atoms. The minimum absolute atomic E-state index is 0.0280. The Kier molecular flexibility index (Phi) is 3.87. The third kappa shape index (κ3) is 3.85. The van der Waals surface area contributed by atoms with E-state index in [1.54, 1.807) is 11.9 Å². The van der Waals surface area contributed by atoms with Crippen molar-refractivity contribution < 1.29 is 13.2 Å². The van der Waals surface area contributed by atoms with Gasteiger partial charge in [0.15, 0.2) is 0 Å². The first-order chi connectivity index (χ1) is 8.00. The van der Waals surface area contributed by atoms with E-state index in [4.69, 9.17) is 5.14 Å². The zero-order chi connectivity index (χ0) is 14.1. The summed E-state index contributed by atoms with van der Waals surface area (Å²) in [5, 5.41) is 4.98. The highest BCUT2D eigenvalue weighted by molar-refractivity contribution is 7.89. The number of nitrogens with zero attached hydrogens (tertiary/aromatic N) is 1. The van der Waals surface area contributed by atoms with Gasteiger partial charge >= 0.3 is 0 Å². The molecule has 0 spiro atoms. The standard InChI is InChI=1S/C11H19N3O3S/c1-11(2,3)7-14(4)10(15)9-5-8(6-13-9)18(12,16)17/h5-6,13H,7H2,1-4H3,(H2,12,16,17). The largest absolute Gasteiger partial charge is 0.356 e. The molecule has 102 valence electrons. The van der Waals surface area contributed by atoms with Crippen molar-refractivity contribution in [2.24, 2.45) is 10.6 Å². The van der Waals surface area contributed by atoms with Gasteiger partial charge in [0, 0.05) is 19.8 Å². The van der Waals surface area contributed by atoms with Crippen LogP contribution in [0.1, 0.15) is 31.3 Å². The second-order valence-corrected chi connectivity index (χ2v) is 7.08. The molecule has 0 aliphatic rings. The molecule has 0 unspecified atom stereocenters. The fourth-order valence-electron chi connectivity index (χ4n) is 1.65. The molecule has 1 heterocycles. The van der Waals surface area contributed by atoms with E-state index in [0.29, 0.717) is 6.54 Å². The molecular weight excluding hydrogens is 254 g/mol. The predicted molar refractivity (Wildman–Crippen MR) is 68.6 cm³/mol. The molecule has 1 aromatic rings. The van der Waals surface area contributed by atoms with Crippen LogP contribution in [0.2, 0.25) is 0 Å². The molecule has 1 aromatic heterocycles. The van der Waals surface area contributed by atoms with E-state index in [-0.39, 0.29) is 21.9 Å². The van der Waals surface area contributed by atoms with Crippen molar-refractivity contribution in [2.75, 3.05) is 13.6 Å². The molecule has 6 nitrogen and oxygen atoms in total. The van der Waals surface area contributed by atoms with E-state index in [0.717, 1.165) is 0 Å². The van der Waals surface area contributed by atoms with Crippen molar-refractivity contribution in [3.63, 3.8) is 0 Å². The van der Waals surface area contributed by atoms with Gasteiger partial charge in [0.1, 0.15) is 5.69 Å². The number of nitrogens with two attached hydrogens (primary N) is 1. The Morgan fingerprint density at radius 2 is 2.00 bits per heavy atom. The Hall–Kier alpha value is -1.34. The molecule has 0 atom stereocenters. The van der Waals surface area contributed by atoms with Crippen LogP contribution in [0.3, 0.4) is 0 Å². The Morgan fingerprint density at radius 1 is 1.44 bits per heavy atom. The molecular formula is C11H19N3O3S. The summed E-state index contributed by atoms with van der Waals surface area (Å²) in [6.45, 7) is 6.61. The fourth-order valence-corrected chi connectivity index (χ4v) is 2.16. The van der Waals surface area contributed by atoms with E-state index >= 15 is 0 Å². The number of carbonyl (C=O) groups is 1. The van der Waals surface area contributed by atoms with Gasteiger partial charge in [0.05, 0.1) is 4.90 Å². The normalized spacial score (nSPS) is 12.5. The number of rotatable bonds is 3. The summed E-state index contributed by atoms with van der Waals surface area (Å²) in [5.41, 5.74) is 0.186. The maximum absolute atomic E-state index is 12.0. The second-order valence-electron chi connectivity index (χ2n) is 5.52. The van der Waals surface area contributed by atoms with Crippen LogP contribution in [0.4, 0.5) is 0 Å². The number of sulfonamides is 1. The number of nitrogens with one attached hydrogen (secondary N) is 1. The average molecular weight is 273 g/mol. The first kappa shape index (κ1) is 14.7. The third-order valence-electron chi connectivity index (χ3n) is 2.27. The summed E-state index contributed by atoms with van der Waals surface area (Å²) in [6, 6.07) is 1.25. The number of amides is 1. The van der Waals surface area contributed by atoms with Gasteiger partial charge < -0.3 is 9.88 Å². The molecule has 18 heavy (non-hydrogen) atoms. The number of H-pyrrole nitrogens is 1. The highest BCUT2D eigenvalue weighted by Crippen LogP contribution is 2.16. The molecule has 7 heteroatoms. The van der Waals surface area contributed by atoms with E-state index in [1.165, 1.54) is 12.3 Å². The summed E-state index contributed by atoms with van der Waals surface area (Å²) in [6.07, 6.45) is 1.22. The summed E-state index contributed by atoms with van der Waals surface area (Å²) in [7, 11) is -2.11. The van der Waals surface area contributed by atoms with E-state index in [9.17, 15) is 13.2 Å². The lowest BCUT2D eigenvalue weighted by molar-refractivity contribution is 0.0740. The minimum atomic E-state index is -3.78. The van der Waals surface area contributed by atoms with Crippen molar-refractivity contribution in [2.45, 2.75) is 25.7 Å². The Balaban J connectivity index is 2.89. The molecule has 0 aromatic carbocycles. The average Bonchev–Trinajstić information content (AvgIpc) is 2.61. The minimum Gasteiger partial charge on any atom is -0.356 e. The highest BCUT2D eigenvalue weighted by Gasteiger charge is 2.21. The Labute approximate surface area is 107 Å². The molecule has 3 N–H and O–H groups in total. The molecule has 0 saturated heterocycles. The highest BCUT2D eigenvalue weighted by atomic mass is 32.2. The Bertz CT molecular complexity index is 540. The number of hydrogen-bond donors (Lipinski definition) is 2. The van der Waals surface area contributed by atoms with Crippen LogP contribution in [0.15, 0.2) is 17.2 Å². The summed E-state index contributed by atoms with van der Waals surface area (Å²) in [4.78, 5) is 16.1. The summed E-state index contributed by atoms with van der Waals surface area (Å²) >= 11 is 0. The van der Waals surface area contributed by atoms with Gasteiger partial charge in [0.25, 0.3) is 5.91 Å². The van der Waals surface area contributed by atoms with Crippen LogP contribution < -0.4 is 5.14 Å². The van der Waals surface area contributed by atoms with Gasteiger partial charge in [-0.25, -0.2) is 13.6 Å². The predicted octanol–water partition coefficient (Wildman–Crippen LogP) is 0.780. The second kappa shape index (κ2) is 4.74. The third-order valence-corrected chi connectivity index (χ3v) is 3.17. The SMILES string of the molecule is CN(CC(C)(C)C)C(=O)c1cc(S(N)(=O)=O)c[nH]1. The summed E-state index contributed by atoms with van der Waals surface area (Å²) < 4.78 is 22.2. The maximum Gasteiger partial charge on any atom is 0.270 e. The van der Waals surface area contributed by atoms with E-state index in [2.05, 4.69) is 4.98 Å². The molecule has 0 fully saturated rings. The zero-order valence-electron chi connectivity index (χ0n) is 11.0. The molecule has 0 aliphatic heterocycles. The summed E-state index contributed by atoms with van der Waals surface area (Å²) in [5.74, 6) is -0.264. The van der Waals surface area contributed by atoms with Crippen LogP contribution in [-0.2, 0) is 10.0 Å². The van der Waals surface area contributed by atoms with Crippen molar-refractivity contribution in [1.29, 1.82) is 0 Å². The lowest BCUT2D eigenvalue weighted by Gasteiger charge is -2.26. The lowest BCUT2D eigenvalue weighted by Crippen LogP contribution is -2.34. The number of carbonyl (C=O) groups excluding carboxylic acids is 1. The smallest absolute Gasteiger partial charge is 0.270 e. The number of hydrogen-bond acceptors (Lipinski definition) is 3. The molecule has 1 amide bonds. The number of aromatic amines is 1. The van der Waals surface area contributed by atoms with Crippen molar-refractivity contribution in [1.82, 2.24) is 9.88 Å². The first-order valence-electron chi connectivity index (χ1n) is 5.47. The molecule has 0 saturated carbocycles. The topological polar surface area (TPSA) is 96.3 Å². The van der Waals surface area contributed by atoms with Crippen molar-refractivity contribution in [3.05, 3.63) is 18.0 Å². The molecule has 1 rings (SSSR count). The lowest BCUT2D eigenvalue weighted by atomic mass is 9.96. The monoisotopic (exact) mass is 273 g/mol. The van der Waals surface area contributed by atoms with Crippen molar-refractivity contribution in [3.8, 4) is 0 Å². The van der Waals surface area contributed by atoms with Gasteiger partial charge in [0.2, 0.25) is 10.0 Å². The van der Waals surface area contributed by atoms with Gasteiger partial charge in [-0.2, -0.15) is 0 Å². The number of primary sulfonamides is 1. The van der Waals surface area contributed by atoms with Crippen LogP contribution in [0.25, 0.3) is 0 Å². The first-order valence-corrected chi connectivity index (χ1v) is 7.02. The van der Waals surface area contributed by atoms with Gasteiger partial charge in [-0.05, 0) is 11.5 Å². The molecule has 0 radical (unpaired) electrons. The quantitative estimate of drug-likeness (QED) is 0.851. The zero-order valence-corrected chi connectivity index (χ0v) is 11.8. The van der Waals surface area contributed by atoms with E-state index in [1.807, 2.05) is 20.8 Å². The van der Waals surface area contributed by atoms with Crippen LogP contribution in [0.5, 0.6) is 0 Å². The van der Waals surface area contributed by atoms with Gasteiger partial charge in [-0.1, -0.05) is 20.8 Å². The van der Waals surface area contributed by atoms with Gasteiger partial charge in [-0.15, -0.1) is 0 Å². The van der Waals surface area contributed by atoms with Crippen molar-refractivity contribution >= 4 is 15.9 Å². The van der Waals surface area contributed by atoms with E-state index < -0.39 is 10.0 Å². The van der Waals surface area contributed by atoms with Crippen LogP contribution in [0, 0.1) is 5.41 Å². The number of aromatic nitrogens is 1. The van der Waals surface area contributed by atoms with Gasteiger partial charge in [-0.3, -0.25) is 4.79 Å². The molecule has 0 aliphatic carbocycles. The Morgan fingerprint density at radius 3 is 2.39 bits per heavy atom. The maximum atomic E-state index is 12.0. The van der Waals surface area contributed by atoms with Crippen LogP contribution in [-0.4, -0.2) is 37.8 Å². The van der Waals surface area contributed by atoms with Crippen LogP contribution >= 0.6 is 0 Å². The fraction of sp³-hybridized carbons (Fsp3) is 0.545.